The summed E-state index contributed by atoms with van der Waals surface area (Å²) in [6, 6.07) is -0.513. The molecular weight excluding hydrogens is 405 g/mol. The summed E-state index contributed by atoms with van der Waals surface area (Å²) >= 11 is 0. The van der Waals surface area contributed by atoms with Crippen molar-refractivity contribution >= 4 is 30.6 Å². The predicted molar refractivity (Wildman–Crippen MR) is 99.2 cm³/mol. The Balaban J connectivity index is 1.37. The van der Waals surface area contributed by atoms with E-state index in [1.54, 1.807) is 4.57 Å². The molecule has 2 aromatic rings. The SMILES string of the molecule is Nc1ncnc2c1ncn2[C@H]1C[C@H](O)[C@@H](COP(=O)(O)NC(=O)[C@@H]2CCCN2)O1. The minimum Gasteiger partial charge on any atom is -0.390 e. The van der Waals surface area contributed by atoms with Gasteiger partial charge in [0.05, 0.1) is 25.1 Å². The highest BCUT2D eigenvalue weighted by Gasteiger charge is 2.38. The highest BCUT2D eigenvalue weighted by atomic mass is 31.2. The predicted octanol–water partition coefficient (Wildman–Crippen LogP) is -0.958. The first-order valence-electron chi connectivity index (χ1n) is 9.13. The number of aliphatic hydroxyl groups is 1. The first-order chi connectivity index (χ1) is 13.8. The number of nitrogens with zero attached hydrogens (tertiary/aromatic N) is 4. The molecule has 4 heterocycles. The van der Waals surface area contributed by atoms with Crippen molar-refractivity contribution in [3.8, 4) is 0 Å². The lowest BCUT2D eigenvalue weighted by molar-refractivity contribution is -0.121. The fraction of sp³-hybridized carbons (Fsp3) is 0.600. The molecule has 5 atom stereocenters. The molecule has 0 aliphatic carbocycles. The molecule has 2 aliphatic heterocycles. The number of carbonyl (C=O) groups excluding carboxylic acids is 1. The summed E-state index contributed by atoms with van der Waals surface area (Å²) in [6.07, 6.45) is 1.92. The van der Waals surface area contributed by atoms with Crippen LogP contribution in [0.15, 0.2) is 12.7 Å². The number of hydrogen-bond donors (Lipinski definition) is 5. The lowest BCUT2D eigenvalue weighted by Gasteiger charge is -2.19. The van der Waals surface area contributed by atoms with Gasteiger partial charge in [-0.15, -0.1) is 0 Å². The number of carbonyl (C=O) groups is 1. The molecule has 2 aromatic heterocycles. The van der Waals surface area contributed by atoms with E-state index in [9.17, 15) is 19.4 Å². The van der Waals surface area contributed by atoms with E-state index in [-0.39, 0.29) is 18.8 Å². The van der Waals surface area contributed by atoms with Gasteiger partial charge in [0.2, 0.25) is 5.91 Å². The number of aliphatic hydroxyl groups excluding tert-OH is 1. The van der Waals surface area contributed by atoms with Crippen molar-refractivity contribution < 1.29 is 28.6 Å². The number of fused-ring (bicyclic) bond motifs is 1. The lowest BCUT2D eigenvalue weighted by atomic mass is 10.2. The minimum absolute atomic E-state index is 0.192. The Hall–Kier alpha value is -2.15. The van der Waals surface area contributed by atoms with Gasteiger partial charge in [0.15, 0.2) is 11.5 Å². The van der Waals surface area contributed by atoms with Crippen molar-refractivity contribution in [1.29, 1.82) is 0 Å². The number of ether oxygens (including phenoxy) is 1. The van der Waals surface area contributed by atoms with Gasteiger partial charge < -0.3 is 25.8 Å². The first-order valence-corrected chi connectivity index (χ1v) is 10.7. The molecule has 14 heteroatoms. The van der Waals surface area contributed by atoms with E-state index in [1.165, 1.54) is 12.7 Å². The molecule has 6 N–H and O–H groups in total. The van der Waals surface area contributed by atoms with Gasteiger partial charge in [-0.3, -0.25) is 19.0 Å². The normalized spacial score (nSPS) is 29.2. The molecule has 29 heavy (non-hydrogen) atoms. The van der Waals surface area contributed by atoms with Crippen LogP contribution in [0.2, 0.25) is 0 Å². The Labute approximate surface area is 165 Å². The molecule has 2 fully saturated rings. The third-order valence-electron chi connectivity index (χ3n) is 4.94. The molecule has 0 saturated carbocycles. The molecule has 0 aromatic carbocycles. The van der Waals surface area contributed by atoms with Crippen molar-refractivity contribution in [2.45, 2.75) is 43.7 Å². The molecule has 13 nitrogen and oxygen atoms in total. The van der Waals surface area contributed by atoms with Crippen LogP contribution in [0.4, 0.5) is 5.82 Å². The van der Waals surface area contributed by atoms with E-state index in [0.29, 0.717) is 24.1 Å². The molecule has 4 rings (SSSR count). The Bertz CT molecular complexity index is 948. The Morgan fingerprint density at radius 1 is 1.48 bits per heavy atom. The van der Waals surface area contributed by atoms with Crippen molar-refractivity contribution in [2.24, 2.45) is 0 Å². The molecule has 2 saturated heterocycles. The van der Waals surface area contributed by atoms with E-state index in [2.05, 4.69) is 20.3 Å². The number of nitrogens with one attached hydrogen (secondary N) is 2. The van der Waals surface area contributed by atoms with Gasteiger partial charge in [-0.05, 0) is 19.4 Å². The maximum atomic E-state index is 12.2. The maximum Gasteiger partial charge on any atom is 0.432 e. The van der Waals surface area contributed by atoms with Crippen molar-refractivity contribution in [2.75, 3.05) is 18.9 Å². The number of rotatable bonds is 6. The minimum atomic E-state index is -4.39. The van der Waals surface area contributed by atoms with E-state index in [0.717, 1.165) is 6.42 Å². The maximum absolute atomic E-state index is 12.2. The van der Waals surface area contributed by atoms with Gasteiger partial charge in [0, 0.05) is 6.42 Å². The second-order valence-electron chi connectivity index (χ2n) is 6.96. The summed E-state index contributed by atoms with van der Waals surface area (Å²) < 4.78 is 24.5. The molecule has 0 radical (unpaired) electrons. The van der Waals surface area contributed by atoms with Crippen LogP contribution in [0.1, 0.15) is 25.5 Å². The lowest BCUT2D eigenvalue weighted by Crippen LogP contribution is -2.39. The molecule has 0 spiro atoms. The first kappa shape index (κ1) is 20.1. The third-order valence-corrected chi connectivity index (χ3v) is 5.95. The fourth-order valence-corrected chi connectivity index (χ4v) is 4.30. The molecule has 1 unspecified atom stereocenters. The second kappa shape index (κ2) is 7.94. The zero-order chi connectivity index (χ0) is 20.6. The summed E-state index contributed by atoms with van der Waals surface area (Å²) in [5, 5.41) is 15.2. The highest BCUT2D eigenvalue weighted by Crippen LogP contribution is 2.39. The molecule has 158 valence electrons. The average Bonchev–Trinajstić information content (AvgIpc) is 3.40. The Morgan fingerprint density at radius 2 is 2.31 bits per heavy atom. The number of hydrogen-bond acceptors (Lipinski definition) is 10. The highest BCUT2D eigenvalue weighted by molar-refractivity contribution is 7.51. The van der Waals surface area contributed by atoms with Crippen LogP contribution in [-0.4, -0.2) is 66.8 Å². The van der Waals surface area contributed by atoms with Crippen LogP contribution in [0.25, 0.3) is 11.2 Å². The molecule has 1 amide bonds. The van der Waals surface area contributed by atoms with E-state index >= 15 is 0 Å². The molecular formula is C15H22N7O6P. The van der Waals surface area contributed by atoms with Gasteiger partial charge in [-0.2, -0.15) is 0 Å². The van der Waals surface area contributed by atoms with E-state index in [4.69, 9.17) is 15.0 Å². The average molecular weight is 427 g/mol. The molecule has 0 bridgehead atoms. The van der Waals surface area contributed by atoms with Crippen molar-refractivity contribution in [3.63, 3.8) is 0 Å². The largest absolute Gasteiger partial charge is 0.432 e. The van der Waals surface area contributed by atoms with E-state index < -0.39 is 38.1 Å². The zero-order valence-electron chi connectivity index (χ0n) is 15.3. The standard InChI is InChI=1S/C15H22N7O6P/c16-13-12-14(19-6-18-13)22(7-20-12)11-4-9(23)10(28-11)5-27-29(25,26)21-15(24)8-2-1-3-17-8/h6-11,17,23H,1-5H2,(H2,16,18,19)(H2,21,24,25,26)/t8-,9-,10+,11+/m0/s1. The third kappa shape index (κ3) is 4.25. The quantitative estimate of drug-likeness (QED) is 0.357. The van der Waals surface area contributed by atoms with E-state index in [1.807, 2.05) is 5.09 Å². The van der Waals surface area contributed by atoms with Gasteiger partial charge >= 0.3 is 7.75 Å². The topological polar surface area (TPSA) is 187 Å². The summed E-state index contributed by atoms with van der Waals surface area (Å²) in [7, 11) is -4.39. The number of nitrogen functional groups attached to an aromatic ring is 1. The number of anilines is 1. The summed E-state index contributed by atoms with van der Waals surface area (Å²) in [5.74, 6) is -0.373. The van der Waals surface area contributed by atoms with Crippen LogP contribution in [0, 0.1) is 0 Å². The summed E-state index contributed by atoms with van der Waals surface area (Å²) in [6.45, 7) is 0.297. The van der Waals surface area contributed by atoms with Crippen LogP contribution < -0.4 is 16.1 Å². The van der Waals surface area contributed by atoms with Gasteiger partial charge in [-0.25, -0.2) is 19.5 Å². The van der Waals surface area contributed by atoms with Crippen molar-refractivity contribution in [1.82, 2.24) is 29.9 Å². The van der Waals surface area contributed by atoms with Crippen LogP contribution in [0.5, 0.6) is 0 Å². The molecule has 2 aliphatic rings. The monoisotopic (exact) mass is 427 g/mol. The number of aromatic nitrogens is 4. The van der Waals surface area contributed by atoms with Gasteiger partial charge in [-0.1, -0.05) is 0 Å². The fourth-order valence-electron chi connectivity index (χ4n) is 3.45. The Morgan fingerprint density at radius 3 is 3.07 bits per heavy atom. The van der Waals surface area contributed by atoms with Gasteiger partial charge in [0.1, 0.15) is 24.2 Å². The smallest absolute Gasteiger partial charge is 0.390 e. The summed E-state index contributed by atoms with van der Waals surface area (Å²) in [4.78, 5) is 34.0. The number of amides is 1. The second-order valence-corrected chi connectivity index (χ2v) is 8.48. The number of nitrogens with two attached hydrogens (primary N) is 1. The van der Waals surface area contributed by atoms with Crippen molar-refractivity contribution in [3.05, 3.63) is 12.7 Å². The number of imidazole rings is 1. The van der Waals surface area contributed by atoms with Crippen LogP contribution in [0.3, 0.4) is 0 Å². The van der Waals surface area contributed by atoms with Crippen LogP contribution >= 0.6 is 7.75 Å². The van der Waals surface area contributed by atoms with Crippen LogP contribution in [-0.2, 0) is 18.6 Å². The summed E-state index contributed by atoms with van der Waals surface area (Å²) in [5.41, 5.74) is 6.62. The van der Waals surface area contributed by atoms with Gasteiger partial charge in [0.25, 0.3) is 0 Å². The zero-order valence-corrected chi connectivity index (χ0v) is 16.2. The Kier molecular flexibility index (Phi) is 5.51.